The lowest BCUT2D eigenvalue weighted by Crippen LogP contribution is -2.09. The third-order valence-corrected chi connectivity index (χ3v) is 1.40. The van der Waals surface area contributed by atoms with Crippen molar-refractivity contribution >= 4 is 0 Å². The molecule has 0 radical (unpaired) electrons. The highest BCUT2D eigenvalue weighted by Crippen LogP contribution is 2.19. The predicted octanol–water partition coefficient (Wildman–Crippen LogP) is 1.78. The Kier molecular flexibility index (Phi) is 2.52. The van der Waals surface area contributed by atoms with Crippen LogP contribution in [0.15, 0.2) is 16.9 Å². The summed E-state index contributed by atoms with van der Waals surface area (Å²) in [6.45, 7) is -1.00. The molecule has 12 heavy (non-hydrogen) atoms. The Labute approximate surface area is 66.0 Å². The second-order valence-electron chi connectivity index (χ2n) is 2.20. The summed E-state index contributed by atoms with van der Waals surface area (Å²) in [5.74, 6) is 0. The smallest absolute Gasteiger partial charge is 0.278 e. The Bertz CT molecular complexity index is 321. The van der Waals surface area contributed by atoms with E-state index in [9.17, 15) is 18.0 Å². The number of H-pyrrole nitrogens is 1. The Morgan fingerprint density at radius 3 is 2.58 bits per heavy atom. The maximum Gasteiger partial charge on any atom is 0.278 e. The molecule has 0 spiro atoms. The van der Waals surface area contributed by atoms with E-state index in [1.165, 1.54) is 0 Å². The van der Waals surface area contributed by atoms with Gasteiger partial charge in [-0.15, -0.1) is 0 Å². The molecule has 5 heteroatoms. The number of halogens is 3. The minimum Gasteiger partial charge on any atom is -0.321 e. The Morgan fingerprint density at radius 2 is 2.08 bits per heavy atom. The van der Waals surface area contributed by atoms with Gasteiger partial charge in [0.1, 0.15) is 6.67 Å². The summed E-state index contributed by atoms with van der Waals surface area (Å²) < 4.78 is 36.1. The molecule has 2 nitrogen and oxygen atoms in total. The lowest BCUT2D eigenvalue weighted by atomic mass is 10.2. The number of hydrogen-bond acceptors (Lipinski definition) is 1. The molecule has 0 aliphatic rings. The summed E-state index contributed by atoms with van der Waals surface area (Å²) in [6, 6.07) is 2.07. The van der Waals surface area contributed by atoms with Crippen LogP contribution in [-0.4, -0.2) is 4.98 Å². The Balaban J connectivity index is 3.21. The molecule has 66 valence electrons. The van der Waals surface area contributed by atoms with Gasteiger partial charge in [0.25, 0.3) is 6.43 Å². The summed E-state index contributed by atoms with van der Waals surface area (Å²) in [6.07, 6.45) is -2.84. The van der Waals surface area contributed by atoms with Crippen LogP contribution in [0.5, 0.6) is 0 Å². The zero-order chi connectivity index (χ0) is 9.14. The second kappa shape index (κ2) is 3.42. The standard InChI is InChI=1S/C7H6F3NO/c8-3-4-1-2-5(12)11-6(4)7(9)10/h1-2,7H,3H2,(H,11,12). The number of hydrogen-bond donors (Lipinski definition) is 1. The Morgan fingerprint density at radius 1 is 1.42 bits per heavy atom. The van der Waals surface area contributed by atoms with Gasteiger partial charge in [-0.05, 0) is 6.07 Å². The van der Waals surface area contributed by atoms with Crippen molar-refractivity contribution < 1.29 is 13.2 Å². The van der Waals surface area contributed by atoms with E-state index in [1.807, 2.05) is 4.98 Å². The predicted molar refractivity (Wildman–Crippen MR) is 36.8 cm³/mol. The van der Waals surface area contributed by atoms with Gasteiger partial charge in [0.15, 0.2) is 0 Å². The molecule has 0 aliphatic heterocycles. The van der Waals surface area contributed by atoms with Gasteiger partial charge in [-0.1, -0.05) is 0 Å². The van der Waals surface area contributed by atoms with Crippen molar-refractivity contribution in [2.75, 3.05) is 0 Å². The first-order valence-electron chi connectivity index (χ1n) is 3.21. The largest absolute Gasteiger partial charge is 0.321 e. The van der Waals surface area contributed by atoms with Crippen molar-refractivity contribution in [2.45, 2.75) is 13.1 Å². The van der Waals surface area contributed by atoms with Gasteiger partial charge in [0.05, 0.1) is 5.69 Å². The van der Waals surface area contributed by atoms with E-state index in [-0.39, 0.29) is 5.56 Å². The van der Waals surface area contributed by atoms with Crippen molar-refractivity contribution in [3.63, 3.8) is 0 Å². The molecule has 0 amide bonds. The molecule has 1 aromatic rings. The molecule has 0 atom stereocenters. The molecule has 0 unspecified atom stereocenters. The quantitative estimate of drug-likeness (QED) is 0.733. The van der Waals surface area contributed by atoms with E-state index in [1.54, 1.807) is 0 Å². The molecule has 1 heterocycles. The monoisotopic (exact) mass is 177 g/mol. The zero-order valence-electron chi connectivity index (χ0n) is 5.98. The minimum absolute atomic E-state index is 0.176. The highest BCUT2D eigenvalue weighted by atomic mass is 19.3. The van der Waals surface area contributed by atoms with Crippen LogP contribution in [0.1, 0.15) is 17.7 Å². The number of aromatic nitrogens is 1. The maximum atomic E-state index is 12.1. The molecule has 0 saturated heterocycles. The van der Waals surface area contributed by atoms with Gasteiger partial charge in [-0.3, -0.25) is 4.79 Å². The van der Waals surface area contributed by atoms with Crippen molar-refractivity contribution in [1.82, 2.24) is 4.98 Å². The summed E-state index contributed by atoms with van der Waals surface area (Å²) in [5, 5.41) is 0. The normalized spacial score (nSPS) is 10.7. The van der Waals surface area contributed by atoms with Crippen molar-refractivity contribution in [2.24, 2.45) is 0 Å². The van der Waals surface area contributed by atoms with Gasteiger partial charge >= 0.3 is 0 Å². The summed E-state index contributed by atoms with van der Waals surface area (Å²) in [4.78, 5) is 12.4. The molecule has 0 aliphatic carbocycles. The highest BCUT2D eigenvalue weighted by Gasteiger charge is 2.13. The summed E-state index contributed by atoms with van der Waals surface area (Å²) in [5.41, 5.74) is -1.46. The van der Waals surface area contributed by atoms with E-state index in [4.69, 9.17) is 0 Å². The van der Waals surface area contributed by atoms with Gasteiger partial charge in [0.2, 0.25) is 5.56 Å². The lowest BCUT2D eigenvalue weighted by Gasteiger charge is -2.03. The van der Waals surface area contributed by atoms with Crippen LogP contribution in [0.4, 0.5) is 13.2 Å². The molecule has 1 rings (SSSR count). The lowest BCUT2D eigenvalue weighted by molar-refractivity contribution is 0.143. The van der Waals surface area contributed by atoms with Gasteiger partial charge < -0.3 is 4.98 Å². The summed E-state index contributed by atoms with van der Waals surface area (Å²) >= 11 is 0. The van der Waals surface area contributed by atoms with Crippen LogP contribution < -0.4 is 5.56 Å². The van der Waals surface area contributed by atoms with E-state index in [2.05, 4.69) is 0 Å². The molecule has 1 N–H and O–H groups in total. The first kappa shape index (κ1) is 8.83. The van der Waals surface area contributed by atoms with E-state index in [0.29, 0.717) is 0 Å². The number of alkyl halides is 3. The topological polar surface area (TPSA) is 32.9 Å². The van der Waals surface area contributed by atoms with Crippen LogP contribution in [0.25, 0.3) is 0 Å². The van der Waals surface area contributed by atoms with Crippen LogP contribution in [0.3, 0.4) is 0 Å². The first-order chi connectivity index (χ1) is 5.65. The number of rotatable bonds is 2. The van der Waals surface area contributed by atoms with Crippen molar-refractivity contribution in [1.29, 1.82) is 0 Å². The fourth-order valence-electron chi connectivity index (χ4n) is 0.832. The van der Waals surface area contributed by atoms with Crippen LogP contribution in [0.2, 0.25) is 0 Å². The van der Waals surface area contributed by atoms with Gasteiger partial charge in [-0.2, -0.15) is 0 Å². The average molecular weight is 177 g/mol. The third kappa shape index (κ3) is 1.66. The maximum absolute atomic E-state index is 12.1. The molecular weight excluding hydrogens is 171 g/mol. The molecule has 0 saturated carbocycles. The molecule has 0 aromatic carbocycles. The van der Waals surface area contributed by atoms with Crippen molar-refractivity contribution in [3.8, 4) is 0 Å². The fraction of sp³-hybridized carbons (Fsp3) is 0.286. The molecule has 1 aromatic heterocycles. The average Bonchev–Trinajstić information content (AvgIpc) is 2.04. The van der Waals surface area contributed by atoms with Gasteiger partial charge in [-0.25, -0.2) is 13.2 Å². The number of nitrogens with one attached hydrogen (secondary N) is 1. The molecular formula is C7H6F3NO. The fourth-order valence-corrected chi connectivity index (χ4v) is 0.832. The third-order valence-electron chi connectivity index (χ3n) is 1.40. The Hall–Kier alpha value is -1.26. The first-order valence-corrected chi connectivity index (χ1v) is 3.21. The van der Waals surface area contributed by atoms with E-state index >= 15 is 0 Å². The zero-order valence-corrected chi connectivity index (χ0v) is 5.98. The van der Waals surface area contributed by atoms with Crippen LogP contribution in [-0.2, 0) is 6.67 Å². The molecule has 0 fully saturated rings. The van der Waals surface area contributed by atoms with Crippen molar-refractivity contribution in [3.05, 3.63) is 33.7 Å². The summed E-state index contributed by atoms with van der Waals surface area (Å²) in [7, 11) is 0. The molecule has 0 bridgehead atoms. The number of pyridine rings is 1. The minimum atomic E-state index is -2.84. The van der Waals surface area contributed by atoms with E-state index in [0.717, 1.165) is 12.1 Å². The van der Waals surface area contributed by atoms with Crippen LogP contribution in [0, 0.1) is 0 Å². The highest BCUT2D eigenvalue weighted by molar-refractivity contribution is 5.19. The number of aromatic amines is 1. The van der Waals surface area contributed by atoms with Crippen LogP contribution >= 0.6 is 0 Å². The van der Waals surface area contributed by atoms with E-state index < -0.39 is 24.4 Å². The second-order valence-corrected chi connectivity index (χ2v) is 2.20. The SMILES string of the molecule is O=c1ccc(CF)c(C(F)F)[nH]1. The van der Waals surface area contributed by atoms with Gasteiger partial charge in [0, 0.05) is 11.6 Å².